The summed E-state index contributed by atoms with van der Waals surface area (Å²) < 4.78 is 2.07. The Bertz CT molecular complexity index is 408. The van der Waals surface area contributed by atoms with Crippen LogP contribution in [0.5, 0.6) is 0 Å². The Morgan fingerprint density at radius 1 is 1.21 bits per heavy atom. The van der Waals surface area contributed by atoms with Gasteiger partial charge in [0.25, 0.3) is 0 Å². The lowest BCUT2D eigenvalue weighted by Gasteiger charge is -2.01. The van der Waals surface area contributed by atoms with Crippen LogP contribution >= 0.6 is 12.6 Å². The standard InChI is InChI=1S/C11H14N2S/c14-8-4-3-7-13-11-6-2-1-5-10(11)9-12-13/h1-2,5-6,9,14H,3-4,7-8H2. The van der Waals surface area contributed by atoms with E-state index in [9.17, 15) is 0 Å². The Morgan fingerprint density at radius 2 is 2.07 bits per heavy atom. The quantitative estimate of drug-likeness (QED) is 0.601. The van der Waals surface area contributed by atoms with E-state index in [1.165, 1.54) is 10.9 Å². The van der Waals surface area contributed by atoms with Crippen molar-refractivity contribution in [3.05, 3.63) is 30.5 Å². The molecule has 0 fully saturated rings. The average Bonchev–Trinajstić information content (AvgIpc) is 2.63. The van der Waals surface area contributed by atoms with Crippen LogP contribution in [0.4, 0.5) is 0 Å². The van der Waals surface area contributed by atoms with Crippen molar-refractivity contribution in [3.8, 4) is 0 Å². The zero-order valence-corrected chi connectivity index (χ0v) is 8.95. The number of thiol groups is 1. The lowest BCUT2D eigenvalue weighted by molar-refractivity contribution is 0.591. The van der Waals surface area contributed by atoms with Gasteiger partial charge in [0.15, 0.2) is 0 Å². The second-order valence-corrected chi connectivity index (χ2v) is 3.80. The fourth-order valence-corrected chi connectivity index (χ4v) is 1.80. The van der Waals surface area contributed by atoms with E-state index in [1.807, 2.05) is 12.3 Å². The molecule has 0 aliphatic rings. The smallest absolute Gasteiger partial charge is 0.0682 e. The van der Waals surface area contributed by atoms with Crippen molar-refractivity contribution in [3.63, 3.8) is 0 Å². The molecule has 1 heterocycles. The van der Waals surface area contributed by atoms with Crippen LogP contribution in [0.15, 0.2) is 30.5 Å². The van der Waals surface area contributed by atoms with Crippen LogP contribution in [0.1, 0.15) is 12.8 Å². The Balaban J connectivity index is 2.17. The fourth-order valence-electron chi connectivity index (χ4n) is 1.58. The van der Waals surface area contributed by atoms with E-state index in [0.29, 0.717) is 0 Å². The number of aromatic nitrogens is 2. The molecule has 0 radical (unpaired) electrons. The van der Waals surface area contributed by atoms with Crippen LogP contribution < -0.4 is 0 Å². The van der Waals surface area contributed by atoms with Gasteiger partial charge in [0, 0.05) is 11.9 Å². The highest BCUT2D eigenvalue weighted by Gasteiger charge is 1.99. The summed E-state index contributed by atoms with van der Waals surface area (Å²) >= 11 is 4.20. The molecule has 0 N–H and O–H groups in total. The first kappa shape index (κ1) is 9.59. The summed E-state index contributed by atoms with van der Waals surface area (Å²) in [4.78, 5) is 0. The van der Waals surface area contributed by atoms with Crippen LogP contribution in [-0.2, 0) is 6.54 Å². The third-order valence-corrected chi connectivity index (χ3v) is 2.65. The van der Waals surface area contributed by atoms with Crippen molar-refractivity contribution >= 4 is 23.5 Å². The summed E-state index contributed by atoms with van der Waals surface area (Å²) in [5.41, 5.74) is 1.23. The molecule has 1 aromatic carbocycles. The number of nitrogens with zero attached hydrogens (tertiary/aromatic N) is 2. The third kappa shape index (κ3) is 1.93. The lowest BCUT2D eigenvalue weighted by atomic mass is 10.2. The molecule has 0 atom stereocenters. The minimum Gasteiger partial charge on any atom is -0.265 e. The summed E-state index contributed by atoms with van der Waals surface area (Å²) in [6, 6.07) is 8.31. The van der Waals surface area contributed by atoms with E-state index >= 15 is 0 Å². The summed E-state index contributed by atoms with van der Waals surface area (Å²) in [5, 5.41) is 5.58. The first-order chi connectivity index (χ1) is 6.92. The van der Waals surface area contributed by atoms with Crippen molar-refractivity contribution in [2.24, 2.45) is 0 Å². The van der Waals surface area contributed by atoms with Gasteiger partial charge in [-0.3, -0.25) is 4.68 Å². The highest BCUT2D eigenvalue weighted by atomic mass is 32.1. The number of aryl methyl sites for hydroxylation is 1. The van der Waals surface area contributed by atoms with Gasteiger partial charge in [-0.15, -0.1) is 0 Å². The SMILES string of the molecule is SCCCCn1ncc2ccccc21. The predicted molar refractivity (Wildman–Crippen MR) is 62.8 cm³/mol. The predicted octanol–water partition coefficient (Wildman–Crippen LogP) is 2.75. The molecule has 0 saturated carbocycles. The normalized spacial score (nSPS) is 10.9. The van der Waals surface area contributed by atoms with Crippen LogP contribution in [0.3, 0.4) is 0 Å². The molecule has 0 unspecified atom stereocenters. The molecule has 2 rings (SSSR count). The number of hydrogen-bond acceptors (Lipinski definition) is 2. The van der Waals surface area contributed by atoms with E-state index in [1.54, 1.807) is 0 Å². The van der Waals surface area contributed by atoms with E-state index in [2.05, 4.69) is 40.6 Å². The van der Waals surface area contributed by atoms with Crippen LogP contribution in [0.2, 0.25) is 0 Å². The van der Waals surface area contributed by atoms with Gasteiger partial charge in [0.1, 0.15) is 0 Å². The minimum absolute atomic E-state index is 0.958. The third-order valence-electron chi connectivity index (χ3n) is 2.33. The average molecular weight is 206 g/mol. The van der Waals surface area contributed by atoms with Crippen LogP contribution in [-0.4, -0.2) is 15.5 Å². The first-order valence-corrected chi connectivity index (χ1v) is 5.56. The van der Waals surface area contributed by atoms with Gasteiger partial charge in [0.2, 0.25) is 0 Å². The highest BCUT2D eigenvalue weighted by molar-refractivity contribution is 7.80. The zero-order valence-electron chi connectivity index (χ0n) is 8.06. The second kappa shape index (κ2) is 4.51. The Hall–Kier alpha value is -0.960. The molecule has 0 aliphatic heterocycles. The molecule has 1 aromatic heterocycles. The Labute approximate surface area is 89.3 Å². The van der Waals surface area contributed by atoms with Crippen LogP contribution in [0, 0.1) is 0 Å². The summed E-state index contributed by atoms with van der Waals surface area (Å²) in [5.74, 6) is 0.958. The first-order valence-electron chi connectivity index (χ1n) is 4.93. The molecule has 14 heavy (non-hydrogen) atoms. The molecule has 0 saturated heterocycles. The second-order valence-electron chi connectivity index (χ2n) is 3.36. The Morgan fingerprint density at radius 3 is 2.93 bits per heavy atom. The number of benzene rings is 1. The molecule has 0 spiro atoms. The lowest BCUT2D eigenvalue weighted by Crippen LogP contribution is -1.99. The van der Waals surface area contributed by atoms with E-state index in [4.69, 9.17) is 0 Å². The molecule has 0 bridgehead atoms. The van der Waals surface area contributed by atoms with Crippen molar-refractivity contribution in [2.45, 2.75) is 19.4 Å². The molecule has 3 heteroatoms. The number of fused-ring (bicyclic) bond motifs is 1. The maximum atomic E-state index is 4.36. The molecule has 2 nitrogen and oxygen atoms in total. The minimum atomic E-state index is 0.958. The highest BCUT2D eigenvalue weighted by Crippen LogP contribution is 2.13. The molecular weight excluding hydrogens is 192 g/mol. The van der Waals surface area contributed by atoms with Crippen molar-refractivity contribution < 1.29 is 0 Å². The molecule has 2 aromatic rings. The van der Waals surface area contributed by atoms with Gasteiger partial charge in [-0.05, 0) is 24.7 Å². The van der Waals surface area contributed by atoms with Gasteiger partial charge < -0.3 is 0 Å². The largest absolute Gasteiger partial charge is 0.265 e. The van der Waals surface area contributed by atoms with E-state index in [0.717, 1.165) is 25.1 Å². The monoisotopic (exact) mass is 206 g/mol. The van der Waals surface area contributed by atoms with Gasteiger partial charge in [0.05, 0.1) is 11.7 Å². The van der Waals surface area contributed by atoms with Crippen molar-refractivity contribution in [2.75, 3.05) is 5.75 Å². The van der Waals surface area contributed by atoms with Gasteiger partial charge >= 0.3 is 0 Å². The summed E-state index contributed by atoms with van der Waals surface area (Å²) in [7, 11) is 0. The van der Waals surface area contributed by atoms with Crippen molar-refractivity contribution in [1.82, 2.24) is 9.78 Å². The maximum Gasteiger partial charge on any atom is 0.0682 e. The maximum absolute atomic E-state index is 4.36. The van der Waals surface area contributed by atoms with Gasteiger partial charge in [-0.2, -0.15) is 17.7 Å². The number of rotatable bonds is 4. The van der Waals surface area contributed by atoms with Gasteiger partial charge in [-0.1, -0.05) is 18.2 Å². The number of hydrogen-bond donors (Lipinski definition) is 1. The number of unbranched alkanes of at least 4 members (excludes halogenated alkanes) is 1. The number of para-hydroxylation sites is 1. The topological polar surface area (TPSA) is 17.8 Å². The molecule has 74 valence electrons. The molecule has 0 amide bonds. The van der Waals surface area contributed by atoms with Crippen molar-refractivity contribution in [1.29, 1.82) is 0 Å². The van der Waals surface area contributed by atoms with Crippen LogP contribution in [0.25, 0.3) is 10.9 Å². The molecular formula is C11H14N2S. The summed E-state index contributed by atoms with van der Waals surface area (Å²) in [6.07, 6.45) is 4.22. The zero-order chi connectivity index (χ0) is 9.80. The molecule has 0 aliphatic carbocycles. The van der Waals surface area contributed by atoms with E-state index < -0.39 is 0 Å². The fraction of sp³-hybridized carbons (Fsp3) is 0.364. The van der Waals surface area contributed by atoms with E-state index in [-0.39, 0.29) is 0 Å². The summed E-state index contributed by atoms with van der Waals surface area (Å²) in [6.45, 7) is 0.994. The Kier molecular flexibility index (Phi) is 3.09. The van der Waals surface area contributed by atoms with Gasteiger partial charge in [-0.25, -0.2) is 0 Å².